The third-order valence-electron chi connectivity index (χ3n) is 3.00. The van der Waals surface area contributed by atoms with Gasteiger partial charge in [-0.25, -0.2) is 0 Å². The molecule has 1 unspecified atom stereocenters. The fourth-order valence-electron chi connectivity index (χ4n) is 2.03. The maximum absolute atomic E-state index is 10.7. The van der Waals surface area contributed by atoms with Crippen molar-refractivity contribution in [3.63, 3.8) is 0 Å². The summed E-state index contributed by atoms with van der Waals surface area (Å²) in [6.45, 7) is 1.74. The molecule has 0 radical (unpaired) electrons. The minimum absolute atomic E-state index is 0.411. The highest BCUT2D eigenvalue weighted by molar-refractivity contribution is 9.10. The normalized spacial score (nSPS) is 14.2. The molecule has 4 heteroatoms. The largest absolute Gasteiger partial charge is 0.385 e. The van der Waals surface area contributed by atoms with Gasteiger partial charge in [0.1, 0.15) is 0 Å². The topological polar surface area (TPSA) is 20.2 Å². The molecule has 1 atom stereocenters. The molecule has 2 rings (SSSR count). The van der Waals surface area contributed by atoms with Crippen LogP contribution in [0.25, 0.3) is 0 Å². The molecule has 19 heavy (non-hydrogen) atoms. The average molecular weight is 360 g/mol. The molecule has 0 aliphatic heterocycles. The van der Waals surface area contributed by atoms with Crippen LogP contribution in [-0.2, 0) is 12.0 Å². The van der Waals surface area contributed by atoms with Gasteiger partial charge in [0.05, 0.1) is 5.60 Å². The molecule has 0 aliphatic carbocycles. The van der Waals surface area contributed by atoms with E-state index in [2.05, 4.69) is 15.9 Å². The van der Waals surface area contributed by atoms with Crippen LogP contribution in [0, 0.1) is 0 Å². The lowest BCUT2D eigenvalue weighted by Gasteiger charge is -2.25. The van der Waals surface area contributed by atoms with Crippen molar-refractivity contribution in [3.05, 3.63) is 68.1 Å². The first-order valence-corrected chi connectivity index (χ1v) is 7.36. The van der Waals surface area contributed by atoms with Crippen LogP contribution in [0.1, 0.15) is 18.1 Å². The molecule has 0 aliphatic rings. The second-order valence-electron chi connectivity index (χ2n) is 4.67. The van der Waals surface area contributed by atoms with Gasteiger partial charge in [0.15, 0.2) is 0 Å². The summed E-state index contributed by atoms with van der Waals surface area (Å²) in [5.74, 6) is 0. The zero-order valence-electron chi connectivity index (χ0n) is 10.3. The van der Waals surface area contributed by atoms with Crippen LogP contribution in [0.5, 0.6) is 0 Å². The van der Waals surface area contributed by atoms with Crippen molar-refractivity contribution in [1.82, 2.24) is 0 Å². The summed E-state index contributed by atoms with van der Waals surface area (Å²) in [5.41, 5.74) is 0.522. The lowest BCUT2D eigenvalue weighted by molar-refractivity contribution is 0.0577. The Hall–Kier alpha value is -0.540. The van der Waals surface area contributed by atoms with Gasteiger partial charge in [-0.3, -0.25) is 0 Å². The van der Waals surface area contributed by atoms with Gasteiger partial charge in [0.2, 0.25) is 0 Å². The van der Waals surface area contributed by atoms with Gasteiger partial charge in [-0.2, -0.15) is 0 Å². The lowest BCUT2D eigenvalue weighted by Crippen LogP contribution is -2.24. The monoisotopic (exact) mass is 358 g/mol. The molecule has 0 saturated carbocycles. The van der Waals surface area contributed by atoms with E-state index in [1.54, 1.807) is 13.0 Å². The van der Waals surface area contributed by atoms with Gasteiger partial charge in [-0.15, -0.1) is 0 Å². The summed E-state index contributed by atoms with van der Waals surface area (Å²) in [4.78, 5) is 0. The molecule has 0 bridgehead atoms. The molecule has 0 fully saturated rings. The highest BCUT2D eigenvalue weighted by atomic mass is 79.9. The van der Waals surface area contributed by atoms with Crippen LogP contribution in [0.3, 0.4) is 0 Å². The standard InChI is InChI=1S/C15H13BrCl2O/c1-15(19,9-10-4-2-3-5-13(10)17)12-7-6-11(16)8-14(12)18/h2-8,19H,9H2,1H3. The summed E-state index contributed by atoms with van der Waals surface area (Å²) < 4.78 is 0.884. The van der Waals surface area contributed by atoms with E-state index < -0.39 is 5.60 Å². The van der Waals surface area contributed by atoms with Crippen molar-refractivity contribution in [1.29, 1.82) is 0 Å². The second kappa shape index (κ2) is 5.84. The molecule has 0 saturated heterocycles. The number of aliphatic hydroxyl groups is 1. The van der Waals surface area contributed by atoms with Crippen molar-refractivity contribution < 1.29 is 5.11 Å². The van der Waals surface area contributed by atoms with Gasteiger partial charge in [-0.05, 0) is 30.7 Å². The first-order valence-electron chi connectivity index (χ1n) is 5.81. The molecule has 0 spiro atoms. The molecule has 2 aromatic rings. The van der Waals surface area contributed by atoms with Gasteiger partial charge >= 0.3 is 0 Å². The molecule has 0 aromatic heterocycles. The summed E-state index contributed by atoms with van der Waals surface area (Å²) in [6, 6.07) is 13.0. The minimum Gasteiger partial charge on any atom is -0.385 e. The molecule has 2 aromatic carbocycles. The van der Waals surface area contributed by atoms with Crippen LogP contribution < -0.4 is 0 Å². The third-order valence-corrected chi connectivity index (χ3v) is 4.18. The van der Waals surface area contributed by atoms with Gasteiger partial charge in [0.25, 0.3) is 0 Å². The van der Waals surface area contributed by atoms with E-state index in [-0.39, 0.29) is 0 Å². The quantitative estimate of drug-likeness (QED) is 0.797. The van der Waals surface area contributed by atoms with Gasteiger partial charge < -0.3 is 5.11 Å². The zero-order valence-corrected chi connectivity index (χ0v) is 13.4. The van der Waals surface area contributed by atoms with Crippen LogP contribution in [-0.4, -0.2) is 5.11 Å². The van der Waals surface area contributed by atoms with E-state index in [1.807, 2.05) is 36.4 Å². The van der Waals surface area contributed by atoms with Crippen LogP contribution in [0.4, 0.5) is 0 Å². The van der Waals surface area contributed by atoms with Crippen molar-refractivity contribution in [2.24, 2.45) is 0 Å². The molecule has 1 N–H and O–H groups in total. The Morgan fingerprint density at radius 2 is 1.79 bits per heavy atom. The Labute approximate surface area is 131 Å². The Balaban J connectivity index is 2.35. The van der Waals surface area contributed by atoms with Gasteiger partial charge in [0, 0.05) is 26.5 Å². The van der Waals surface area contributed by atoms with Crippen molar-refractivity contribution in [3.8, 4) is 0 Å². The Kier molecular flexibility index (Phi) is 4.57. The number of hydrogen-bond donors (Lipinski definition) is 1. The lowest BCUT2D eigenvalue weighted by atomic mass is 9.89. The van der Waals surface area contributed by atoms with E-state index in [1.165, 1.54) is 0 Å². The van der Waals surface area contributed by atoms with Crippen molar-refractivity contribution in [2.75, 3.05) is 0 Å². The molecular formula is C15H13BrCl2O. The highest BCUT2D eigenvalue weighted by Crippen LogP contribution is 2.34. The number of hydrogen-bond acceptors (Lipinski definition) is 1. The smallest absolute Gasteiger partial charge is 0.0923 e. The first kappa shape index (κ1) is 14.9. The second-order valence-corrected chi connectivity index (χ2v) is 6.40. The summed E-state index contributed by atoms with van der Waals surface area (Å²) in [6.07, 6.45) is 0.411. The van der Waals surface area contributed by atoms with Crippen molar-refractivity contribution >= 4 is 39.1 Å². The van der Waals surface area contributed by atoms with E-state index in [0.29, 0.717) is 22.0 Å². The average Bonchev–Trinajstić information content (AvgIpc) is 2.31. The van der Waals surface area contributed by atoms with Crippen molar-refractivity contribution in [2.45, 2.75) is 18.9 Å². The minimum atomic E-state index is -1.07. The Bertz CT molecular complexity index is 596. The Morgan fingerprint density at radius 1 is 1.11 bits per heavy atom. The predicted octanol–water partition coefficient (Wildman–Crippen LogP) is 5.21. The fourth-order valence-corrected chi connectivity index (χ4v) is 3.11. The molecular weight excluding hydrogens is 347 g/mol. The van der Waals surface area contributed by atoms with E-state index in [4.69, 9.17) is 23.2 Å². The van der Waals surface area contributed by atoms with Gasteiger partial charge in [-0.1, -0.05) is 63.4 Å². The summed E-state index contributed by atoms with van der Waals surface area (Å²) >= 11 is 15.7. The number of benzene rings is 2. The molecule has 0 heterocycles. The molecule has 0 amide bonds. The Morgan fingerprint density at radius 3 is 2.42 bits per heavy atom. The van der Waals surface area contributed by atoms with Crippen LogP contribution >= 0.6 is 39.1 Å². The van der Waals surface area contributed by atoms with E-state index >= 15 is 0 Å². The fraction of sp³-hybridized carbons (Fsp3) is 0.200. The highest BCUT2D eigenvalue weighted by Gasteiger charge is 2.27. The maximum atomic E-state index is 10.7. The first-order chi connectivity index (χ1) is 8.90. The van der Waals surface area contributed by atoms with Crippen LogP contribution in [0.2, 0.25) is 10.0 Å². The summed E-state index contributed by atoms with van der Waals surface area (Å²) in [5, 5.41) is 11.9. The number of halogens is 3. The van der Waals surface area contributed by atoms with E-state index in [0.717, 1.165) is 10.0 Å². The molecule has 100 valence electrons. The SMILES string of the molecule is CC(O)(Cc1ccccc1Cl)c1ccc(Br)cc1Cl. The predicted molar refractivity (Wildman–Crippen MR) is 83.9 cm³/mol. The zero-order chi connectivity index (χ0) is 14.0. The third kappa shape index (κ3) is 3.51. The summed E-state index contributed by atoms with van der Waals surface area (Å²) in [7, 11) is 0. The number of rotatable bonds is 3. The molecule has 1 nitrogen and oxygen atoms in total. The maximum Gasteiger partial charge on any atom is 0.0923 e. The van der Waals surface area contributed by atoms with Crippen LogP contribution in [0.15, 0.2) is 46.9 Å². The van der Waals surface area contributed by atoms with E-state index in [9.17, 15) is 5.11 Å².